The SMILES string of the molecule is Cc1ccc2cc(C(=O)Nc3ccc(N4CC(C)OC(C)C4)c(F)c3)c(C)nc2c1. The number of nitrogens with zero attached hydrogens (tertiary/aromatic N) is 2. The van der Waals surface area contributed by atoms with Crippen molar-refractivity contribution in [3.8, 4) is 0 Å². The number of carbonyl (C=O) groups excluding carboxylic acids is 1. The van der Waals surface area contributed by atoms with E-state index in [0.717, 1.165) is 16.5 Å². The number of aryl methyl sites for hydroxylation is 2. The van der Waals surface area contributed by atoms with Gasteiger partial charge in [-0.25, -0.2) is 4.39 Å². The topological polar surface area (TPSA) is 54.5 Å². The molecule has 2 atom stereocenters. The normalized spacial score (nSPS) is 19.2. The third-order valence-corrected chi connectivity index (χ3v) is 5.37. The van der Waals surface area contributed by atoms with Gasteiger partial charge in [0.05, 0.1) is 34.7 Å². The molecule has 30 heavy (non-hydrogen) atoms. The largest absolute Gasteiger partial charge is 0.372 e. The molecule has 1 fully saturated rings. The molecule has 3 aromatic rings. The quantitative estimate of drug-likeness (QED) is 0.674. The van der Waals surface area contributed by atoms with Crippen molar-refractivity contribution in [2.75, 3.05) is 23.3 Å². The van der Waals surface area contributed by atoms with Crippen LogP contribution in [0.1, 0.15) is 35.5 Å². The summed E-state index contributed by atoms with van der Waals surface area (Å²) in [6, 6.07) is 12.6. The van der Waals surface area contributed by atoms with Crippen LogP contribution in [0.2, 0.25) is 0 Å². The van der Waals surface area contributed by atoms with Gasteiger partial charge in [-0.1, -0.05) is 12.1 Å². The molecule has 1 aromatic heterocycles. The summed E-state index contributed by atoms with van der Waals surface area (Å²) < 4.78 is 20.5. The highest BCUT2D eigenvalue weighted by Crippen LogP contribution is 2.27. The molecule has 0 bridgehead atoms. The number of hydrogen-bond donors (Lipinski definition) is 1. The first-order valence-electron chi connectivity index (χ1n) is 10.2. The monoisotopic (exact) mass is 407 g/mol. The van der Waals surface area contributed by atoms with Crippen LogP contribution in [0.3, 0.4) is 0 Å². The number of benzene rings is 2. The average Bonchev–Trinajstić information content (AvgIpc) is 2.66. The number of anilines is 2. The number of aromatic nitrogens is 1. The number of pyridine rings is 1. The molecular formula is C24H26FN3O2. The Labute approximate surface area is 175 Å². The standard InChI is InChI=1S/C24H26FN3O2/c1-14-5-6-18-10-20(17(4)26-22(18)9-14)24(29)27-19-7-8-23(21(25)11-19)28-12-15(2)30-16(3)13-28/h5-11,15-16H,12-13H2,1-4H3,(H,27,29). The van der Waals surface area contributed by atoms with Gasteiger partial charge in [-0.3, -0.25) is 9.78 Å². The minimum Gasteiger partial charge on any atom is -0.372 e. The van der Waals surface area contributed by atoms with E-state index in [2.05, 4.69) is 10.3 Å². The highest BCUT2D eigenvalue weighted by Gasteiger charge is 2.24. The lowest BCUT2D eigenvalue weighted by Crippen LogP contribution is -2.45. The third kappa shape index (κ3) is 4.14. The van der Waals surface area contributed by atoms with Crippen LogP contribution in [-0.2, 0) is 4.74 Å². The number of morpholine rings is 1. The number of carbonyl (C=O) groups is 1. The number of halogens is 1. The van der Waals surface area contributed by atoms with E-state index in [4.69, 9.17) is 4.74 Å². The van der Waals surface area contributed by atoms with Gasteiger partial charge in [0.2, 0.25) is 0 Å². The van der Waals surface area contributed by atoms with Gasteiger partial charge in [-0.2, -0.15) is 0 Å². The second kappa shape index (κ2) is 8.03. The predicted molar refractivity (Wildman–Crippen MR) is 118 cm³/mol. The van der Waals surface area contributed by atoms with E-state index in [1.54, 1.807) is 19.1 Å². The molecule has 0 spiro atoms. The summed E-state index contributed by atoms with van der Waals surface area (Å²) in [6.07, 6.45) is 0.0828. The Hall–Kier alpha value is -2.99. The zero-order valence-corrected chi connectivity index (χ0v) is 17.7. The van der Waals surface area contributed by atoms with Crippen molar-refractivity contribution in [2.45, 2.75) is 39.9 Å². The summed E-state index contributed by atoms with van der Waals surface area (Å²) in [4.78, 5) is 19.4. The average molecular weight is 407 g/mol. The number of ether oxygens (including phenoxy) is 1. The van der Waals surface area contributed by atoms with Crippen molar-refractivity contribution < 1.29 is 13.9 Å². The molecule has 1 N–H and O–H groups in total. The van der Waals surface area contributed by atoms with Crippen molar-refractivity contribution in [2.24, 2.45) is 0 Å². The smallest absolute Gasteiger partial charge is 0.257 e. The summed E-state index contributed by atoms with van der Waals surface area (Å²) >= 11 is 0. The molecule has 0 radical (unpaired) electrons. The highest BCUT2D eigenvalue weighted by atomic mass is 19.1. The lowest BCUT2D eigenvalue weighted by atomic mass is 10.1. The highest BCUT2D eigenvalue weighted by molar-refractivity contribution is 6.06. The molecule has 1 saturated heterocycles. The fourth-order valence-electron chi connectivity index (χ4n) is 4.02. The van der Waals surface area contributed by atoms with E-state index in [9.17, 15) is 9.18 Å². The number of hydrogen-bond acceptors (Lipinski definition) is 4. The zero-order chi connectivity index (χ0) is 21.4. The molecular weight excluding hydrogens is 381 g/mol. The van der Waals surface area contributed by atoms with Gasteiger partial charge < -0.3 is 15.0 Å². The first kappa shape index (κ1) is 20.3. The molecule has 2 aromatic carbocycles. The summed E-state index contributed by atoms with van der Waals surface area (Å²) in [6.45, 7) is 9.05. The number of fused-ring (bicyclic) bond motifs is 1. The van der Waals surface area contributed by atoms with E-state index in [0.29, 0.717) is 35.7 Å². The maximum Gasteiger partial charge on any atom is 0.257 e. The van der Waals surface area contributed by atoms with Crippen LogP contribution in [-0.4, -0.2) is 36.2 Å². The van der Waals surface area contributed by atoms with Gasteiger partial charge in [0, 0.05) is 24.2 Å². The van der Waals surface area contributed by atoms with Crippen molar-refractivity contribution in [3.63, 3.8) is 0 Å². The van der Waals surface area contributed by atoms with E-state index in [1.807, 2.05) is 49.9 Å². The minimum absolute atomic E-state index is 0.0414. The molecule has 6 heteroatoms. The first-order valence-corrected chi connectivity index (χ1v) is 10.2. The van der Waals surface area contributed by atoms with Crippen LogP contribution in [0, 0.1) is 19.7 Å². The lowest BCUT2D eigenvalue weighted by molar-refractivity contribution is -0.00539. The fourth-order valence-corrected chi connectivity index (χ4v) is 4.02. The fraction of sp³-hybridized carbons (Fsp3) is 0.333. The van der Waals surface area contributed by atoms with Crippen molar-refractivity contribution in [1.82, 2.24) is 4.98 Å². The van der Waals surface area contributed by atoms with Crippen molar-refractivity contribution in [3.05, 3.63) is 65.1 Å². The molecule has 2 heterocycles. The second-order valence-corrected chi connectivity index (χ2v) is 8.10. The molecule has 1 aliphatic rings. The second-order valence-electron chi connectivity index (χ2n) is 8.10. The van der Waals surface area contributed by atoms with E-state index in [-0.39, 0.29) is 23.9 Å². The van der Waals surface area contributed by atoms with Gasteiger partial charge in [0.25, 0.3) is 5.91 Å². The Morgan fingerprint density at radius 3 is 2.53 bits per heavy atom. The van der Waals surface area contributed by atoms with Crippen molar-refractivity contribution in [1.29, 1.82) is 0 Å². The molecule has 4 rings (SSSR count). The minimum atomic E-state index is -0.363. The Bertz CT molecular complexity index is 1110. The predicted octanol–water partition coefficient (Wildman–Crippen LogP) is 4.86. The molecule has 5 nitrogen and oxygen atoms in total. The van der Waals surface area contributed by atoms with Crippen LogP contribution in [0.5, 0.6) is 0 Å². The molecule has 1 amide bonds. The zero-order valence-electron chi connectivity index (χ0n) is 17.7. The van der Waals surface area contributed by atoms with E-state index >= 15 is 0 Å². The summed E-state index contributed by atoms with van der Waals surface area (Å²) in [7, 11) is 0. The Kier molecular flexibility index (Phi) is 5.43. The number of rotatable bonds is 3. The molecule has 2 unspecified atom stereocenters. The van der Waals surface area contributed by atoms with Crippen LogP contribution in [0.4, 0.5) is 15.8 Å². The van der Waals surface area contributed by atoms with E-state index < -0.39 is 0 Å². The van der Waals surface area contributed by atoms with Crippen molar-refractivity contribution >= 4 is 28.2 Å². The van der Waals surface area contributed by atoms with Crippen LogP contribution in [0.25, 0.3) is 10.9 Å². The Balaban J connectivity index is 1.55. The lowest BCUT2D eigenvalue weighted by Gasteiger charge is -2.37. The van der Waals surface area contributed by atoms with Gasteiger partial charge in [-0.05, 0) is 63.6 Å². The molecule has 0 aliphatic carbocycles. The number of amides is 1. The maximum atomic E-state index is 14.8. The van der Waals surface area contributed by atoms with Gasteiger partial charge in [0.1, 0.15) is 5.82 Å². The third-order valence-electron chi connectivity index (χ3n) is 5.37. The van der Waals surface area contributed by atoms with Crippen LogP contribution < -0.4 is 10.2 Å². The van der Waals surface area contributed by atoms with Gasteiger partial charge in [0.15, 0.2) is 0 Å². The van der Waals surface area contributed by atoms with Gasteiger partial charge >= 0.3 is 0 Å². The number of nitrogens with one attached hydrogen (secondary N) is 1. The Morgan fingerprint density at radius 1 is 1.10 bits per heavy atom. The van der Waals surface area contributed by atoms with Crippen LogP contribution >= 0.6 is 0 Å². The summed E-state index contributed by atoms with van der Waals surface area (Å²) in [5.41, 5.74) is 4.03. The van der Waals surface area contributed by atoms with Gasteiger partial charge in [-0.15, -0.1) is 0 Å². The maximum absolute atomic E-state index is 14.8. The summed E-state index contributed by atoms with van der Waals surface area (Å²) in [5.74, 6) is -0.666. The Morgan fingerprint density at radius 2 is 1.83 bits per heavy atom. The molecule has 0 saturated carbocycles. The molecule has 156 valence electrons. The first-order chi connectivity index (χ1) is 14.3. The molecule has 1 aliphatic heterocycles. The van der Waals surface area contributed by atoms with Crippen LogP contribution in [0.15, 0.2) is 42.5 Å². The summed E-state index contributed by atoms with van der Waals surface area (Å²) in [5, 5.41) is 3.70. The van der Waals surface area contributed by atoms with E-state index in [1.165, 1.54) is 6.07 Å².